The number of sulfone groups is 1. The minimum Gasteiger partial charge on any atom is -0.326 e. The Kier molecular flexibility index (Phi) is 5.00. The number of fused-ring (bicyclic) bond motifs is 1. The van der Waals surface area contributed by atoms with Crippen LogP contribution in [0.3, 0.4) is 0 Å². The molecule has 1 aliphatic heterocycles. The molecule has 9 heteroatoms. The van der Waals surface area contributed by atoms with Gasteiger partial charge in [0.1, 0.15) is 9.84 Å². The van der Waals surface area contributed by atoms with Crippen LogP contribution in [0.4, 0.5) is 11.4 Å². The minimum atomic E-state index is -3.37. The lowest BCUT2D eigenvalue weighted by molar-refractivity contribution is -0.115. The smallest absolute Gasteiger partial charge is 0.232 e. The van der Waals surface area contributed by atoms with Crippen molar-refractivity contribution in [2.24, 2.45) is 0 Å². The quantitative estimate of drug-likeness (QED) is 0.836. The number of carbonyl (C=O) groups is 1. The van der Waals surface area contributed by atoms with Crippen LogP contribution < -0.4 is 9.62 Å². The van der Waals surface area contributed by atoms with E-state index in [0.717, 1.165) is 30.9 Å². The molecule has 1 aromatic rings. The number of hydrogen-bond donors (Lipinski definition) is 1. The largest absolute Gasteiger partial charge is 0.326 e. The average Bonchev–Trinajstić information content (AvgIpc) is 2.42. The number of carbonyl (C=O) groups excluding carboxylic acids is 1. The van der Waals surface area contributed by atoms with Gasteiger partial charge in [-0.05, 0) is 30.5 Å². The van der Waals surface area contributed by atoms with Gasteiger partial charge in [0.2, 0.25) is 15.9 Å². The molecule has 0 saturated heterocycles. The summed E-state index contributed by atoms with van der Waals surface area (Å²) in [5, 5.41) is 2.61. The van der Waals surface area contributed by atoms with Crippen LogP contribution in [-0.4, -0.2) is 47.6 Å². The molecule has 2 rings (SSSR count). The van der Waals surface area contributed by atoms with E-state index in [0.29, 0.717) is 17.9 Å². The second-order valence-electron chi connectivity index (χ2n) is 5.71. The lowest BCUT2D eigenvalue weighted by Crippen LogP contribution is -2.34. The second-order valence-corrected chi connectivity index (χ2v) is 9.88. The molecule has 0 aromatic heterocycles. The normalized spacial score (nSPS) is 15.1. The molecular formula is C14H20N2O5S2. The summed E-state index contributed by atoms with van der Waals surface area (Å²) < 4.78 is 47.2. The molecule has 0 spiro atoms. The molecule has 128 valence electrons. The van der Waals surface area contributed by atoms with E-state index in [4.69, 9.17) is 0 Å². The summed E-state index contributed by atoms with van der Waals surface area (Å²) >= 11 is 0. The number of nitrogens with one attached hydrogen (secondary N) is 1. The molecule has 0 atom stereocenters. The van der Waals surface area contributed by atoms with Crippen LogP contribution >= 0.6 is 0 Å². The van der Waals surface area contributed by atoms with E-state index in [9.17, 15) is 21.6 Å². The van der Waals surface area contributed by atoms with Gasteiger partial charge in [0, 0.05) is 24.9 Å². The Labute approximate surface area is 136 Å². The number of nitrogens with zero attached hydrogens (tertiary/aromatic N) is 1. The summed E-state index contributed by atoms with van der Waals surface area (Å²) in [6.07, 6.45) is 3.62. The van der Waals surface area contributed by atoms with Crippen LogP contribution in [0.5, 0.6) is 0 Å². The van der Waals surface area contributed by atoms with Gasteiger partial charge in [-0.15, -0.1) is 0 Å². The van der Waals surface area contributed by atoms with Crippen LogP contribution in [0.1, 0.15) is 18.4 Å². The SMILES string of the molecule is CS(=O)(=O)CCC(=O)Nc1ccc2c(c1)N(S(C)(=O)=O)CCC2. The molecule has 0 fully saturated rings. The molecular weight excluding hydrogens is 340 g/mol. The second kappa shape index (κ2) is 6.48. The maximum Gasteiger partial charge on any atom is 0.232 e. The molecule has 0 radical (unpaired) electrons. The number of aryl methyl sites for hydroxylation is 1. The summed E-state index contributed by atoms with van der Waals surface area (Å²) in [7, 11) is -6.58. The van der Waals surface area contributed by atoms with E-state index in [1.165, 1.54) is 4.31 Å². The van der Waals surface area contributed by atoms with Crippen molar-refractivity contribution in [2.75, 3.05) is 34.4 Å². The Bertz CT molecular complexity index is 816. The number of sulfonamides is 1. The first kappa shape index (κ1) is 17.7. The van der Waals surface area contributed by atoms with Crippen molar-refractivity contribution < 1.29 is 21.6 Å². The van der Waals surface area contributed by atoms with Crippen LogP contribution in [0, 0.1) is 0 Å². The topological polar surface area (TPSA) is 101 Å². The van der Waals surface area contributed by atoms with E-state index in [1.807, 2.05) is 0 Å². The molecule has 1 amide bonds. The molecule has 23 heavy (non-hydrogen) atoms. The third-order valence-corrected chi connectivity index (χ3v) is 5.67. The molecule has 0 saturated carbocycles. The van der Waals surface area contributed by atoms with Gasteiger partial charge < -0.3 is 5.32 Å². The van der Waals surface area contributed by atoms with Gasteiger partial charge in [0.25, 0.3) is 0 Å². The zero-order chi connectivity index (χ0) is 17.3. The average molecular weight is 360 g/mol. The summed E-state index contributed by atoms with van der Waals surface area (Å²) in [6, 6.07) is 5.11. The molecule has 0 aliphatic carbocycles. The fourth-order valence-corrected chi connectivity index (χ4v) is 4.01. The van der Waals surface area contributed by atoms with Gasteiger partial charge in [-0.1, -0.05) is 6.07 Å². The van der Waals surface area contributed by atoms with Gasteiger partial charge in [0.15, 0.2) is 0 Å². The molecule has 1 N–H and O–H groups in total. The minimum absolute atomic E-state index is 0.133. The Morgan fingerprint density at radius 3 is 2.52 bits per heavy atom. The first-order chi connectivity index (χ1) is 10.6. The molecule has 7 nitrogen and oxygen atoms in total. The number of anilines is 2. The molecule has 1 aromatic carbocycles. The fraction of sp³-hybridized carbons (Fsp3) is 0.500. The number of amides is 1. The van der Waals surface area contributed by atoms with E-state index in [2.05, 4.69) is 5.32 Å². The Hall–Kier alpha value is -1.61. The maximum atomic E-state index is 11.9. The predicted molar refractivity (Wildman–Crippen MR) is 89.9 cm³/mol. The Balaban J connectivity index is 2.18. The summed E-state index contributed by atoms with van der Waals surface area (Å²) in [4.78, 5) is 11.8. The highest BCUT2D eigenvalue weighted by atomic mass is 32.2. The summed E-state index contributed by atoms with van der Waals surface area (Å²) in [5.74, 6) is -0.642. The number of rotatable bonds is 5. The van der Waals surface area contributed by atoms with Crippen LogP contribution in [-0.2, 0) is 31.1 Å². The fourth-order valence-electron chi connectivity index (χ4n) is 2.46. The zero-order valence-corrected chi connectivity index (χ0v) is 14.7. The van der Waals surface area contributed by atoms with Gasteiger partial charge >= 0.3 is 0 Å². The highest BCUT2D eigenvalue weighted by Gasteiger charge is 2.24. The van der Waals surface area contributed by atoms with Crippen LogP contribution in [0.25, 0.3) is 0 Å². The zero-order valence-electron chi connectivity index (χ0n) is 13.1. The maximum absolute atomic E-state index is 11.9. The highest BCUT2D eigenvalue weighted by Crippen LogP contribution is 2.31. The lowest BCUT2D eigenvalue weighted by Gasteiger charge is -2.29. The van der Waals surface area contributed by atoms with E-state index >= 15 is 0 Å². The Morgan fingerprint density at radius 1 is 1.22 bits per heavy atom. The monoisotopic (exact) mass is 360 g/mol. The predicted octanol–water partition coefficient (Wildman–Crippen LogP) is 0.772. The lowest BCUT2D eigenvalue weighted by atomic mass is 10.0. The van der Waals surface area contributed by atoms with Crippen molar-refractivity contribution in [2.45, 2.75) is 19.3 Å². The van der Waals surface area contributed by atoms with Gasteiger partial charge in [-0.25, -0.2) is 16.8 Å². The van der Waals surface area contributed by atoms with Gasteiger partial charge in [0.05, 0.1) is 17.7 Å². The van der Waals surface area contributed by atoms with E-state index in [1.54, 1.807) is 18.2 Å². The van der Waals surface area contributed by atoms with Crippen molar-refractivity contribution in [3.8, 4) is 0 Å². The van der Waals surface area contributed by atoms with Crippen molar-refractivity contribution in [3.05, 3.63) is 23.8 Å². The Morgan fingerprint density at radius 2 is 1.91 bits per heavy atom. The first-order valence-corrected chi connectivity index (χ1v) is 11.1. The first-order valence-electron chi connectivity index (χ1n) is 7.14. The number of hydrogen-bond acceptors (Lipinski definition) is 5. The molecule has 1 heterocycles. The summed E-state index contributed by atoms with van der Waals surface area (Å²) in [5.41, 5.74) is 1.94. The third kappa shape index (κ3) is 4.93. The highest BCUT2D eigenvalue weighted by molar-refractivity contribution is 7.92. The van der Waals surface area contributed by atoms with E-state index < -0.39 is 25.8 Å². The van der Waals surface area contributed by atoms with E-state index in [-0.39, 0.29) is 12.2 Å². The molecule has 0 bridgehead atoms. The van der Waals surface area contributed by atoms with Gasteiger partial charge in [-0.3, -0.25) is 9.10 Å². The molecule has 1 aliphatic rings. The van der Waals surface area contributed by atoms with Crippen LogP contribution in [0.15, 0.2) is 18.2 Å². The van der Waals surface area contributed by atoms with Crippen LogP contribution in [0.2, 0.25) is 0 Å². The van der Waals surface area contributed by atoms with Crippen molar-refractivity contribution in [1.82, 2.24) is 0 Å². The standard InChI is InChI=1S/C14H20N2O5S2/c1-22(18,19)9-7-14(17)15-12-6-5-11-4-3-8-16(13(11)10-12)23(2,20)21/h5-6,10H,3-4,7-9H2,1-2H3,(H,15,17). The van der Waals surface area contributed by atoms with Crippen molar-refractivity contribution in [3.63, 3.8) is 0 Å². The molecule has 0 unspecified atom stereocenters. The van der Waals surface area contributed by atoms with Gasteiger partial charge in [-0.2, -0.15) is 0 Å². The number of benzene rings is 1. The van der Waals surface area contributed by atoms with Crippen molar-refractivity contribution >= 4 is 37.1 Å². The van der Waals surface area contributed by atoms with Crippen molar-refractivity contribution in [1.29, 1.82) is 0 Å². The summed E-state index contributed by atoms with van der Waals surface area (Å²) in [6.45, 7) is 0.414. The third-order valence-electron chi connectivity index (χ3n) is 3.55.